The summed E-state index contributed by atoms with van der Waals surface area (Å²) in [6.07, 6.45) is 0. The van der Waals surface area contributed by atoms with Gasteiger partial charge in [-0.15, -0.1) is 0 Å². The molecule has 0 heterocycles. The molecule has 3 nitrogen and oxygen atoms in total. The second-order valence-corrected chi connectivity index (χ2v) is 3.93. The number of likely N-dealkylation sites (N-methyl/N-ethyl adjacent to an activating group) is 1. The molecule has 0 N–H and O–H groups in total. The van der Waals surface area contributed by atoms with Gasteiger partial charge in [0.05, 0.1) is 21.1 Å². The molecule has 0 atom stereocenters. The molecule has 0 aromatic carbocycles. The highest BCUT2D eigenvalue weighted by Gasteiger charge is 2.09. The molecule has 0 unspecified atom stereocenters. The molecular formula is C10H22NO2+. The van der Waals surface area contributed by atoms with Gasteiger partial charge in [0.25, 0.3) is 0 Å². The lowest BCUT2D eigenvalue weighted by molar-refractivity contribution is -0.870. The maximum Gasteiger partial charge on any atom is 0.333 e. The van der Waals surface area contributed by atoms with Crippen molar-refractivity contribution in [2.45, 2.75) is 14.4 Å². The van der Waals surface area contributed by atoms with Crippen molar-refractivity contribution in [2.24, 2.45) is 0 Å². The van der Waals surface area contributed by atoms with Crippen LogP contribution in [-0.4, -0.2) is 44.7 Å². The highest BCUT2D eigenvalue weighted by Crippen LogP contribution is 1.94. The summed E-state index contributed by atoms with van der Waals surface area (Å²) in [5.41, 5.74) is 0.455. The van der Waals surface area contributed by atoms with Crippen LogP contribution in [0.2, 0.25) is 0 Å². The van der Waals surface area contributed by atoms with Crippen LogP contribution in [0.15, 0.2) is 12.2 Å². The number of rotatable bonds is 4. The van der Waals surface area contributed by atoms with Gasteiger partial charge in [0.2, 0.25) is 0 Å². The number of hydrogen-bond donors (Lipinski definition) is 0. The lowest BCUT2D eigenvalue weighted by Crippen LogP contribution is -2.38. The molecule has 0 saturated carbocycles. The molecule has 0 amide bonds. The molecule has 78 valence electrons. The van der Waals surface area contributed by atoms with E-state index in [-0.39, 0.29) is 13.4 Å². The van der Waals surface area contributed by atoms with E-state index < -0.39 is 0 Å². The Kier molecular flexibility index (Phi) is 6.50. The predicted octanol–water partition coefficient (Wildman–Crippen LogP) is 1.45. The second-order valence-electron chi connectivity index (χ2n) is 3.93. The molecule has 0 aromatic rings. The Morgan fingerprint density at radius 2 is 1.85 bits per heavy atom. The van der Waals surface area contributed by atoms with E-state index in [0.717, 1.165) is 11.0 Å². The van der Waals surface area contributed by atoms with Gasteiger partial charge in [-0.1, -0.05) is 14.0 Å². The van der Waals surface area contributed by atoms with E-state index in [1.54, 1.807) is 6.92 Å². The van der Waals surface area contributed by atoms with E-state index in [1.807, 2.05) is 0 Å². The zero-order valence-corrected chi connectivity index (χ0v) is 8.39. The molecule has 0 aliphatic carbocycles. The van der Waals surface area contributed by atoms with Gasteiger partial charge in [0, 0.05) is 5.57 Å². The van der Waals surface area contributed by atoms with Crippen LogP contribution in [-0.2, 0) is 9.53 Å². The van der Waals surface area contributed by atoms with Gasteiger partial charge in [-0.2, -0.15) is 0 Å². The summed E-state index contributed by atoms with van der Waals surface area (Å²) in [6.45, 7) is 6.41. The smallest absolute Gasteiger partial charge is 0.333 e. The van der Waals surface area contributed by atoms with Gasteiger partial charge < -0.3 is 9.22 Å². The molecular weight excluding hydrogens is 166 g/mol. The third kappa shape index (κ3) is 9.08. The van der Waals surface area contributed by atoms with Crippen LogP contribution in [0.4, 0.5) is 0 Å². The number of esters is 1. The third-order valence-corrected chi connectivity index (χ3v) is 1.34. The standard InChI is InChI=1S/C9H18NO2.CH4/c1-8(2)9(11)12-7-6-10(3,4)5;/h1,6-7H2,2-5H3;1H4/q+1;. The maximum absolute atomic E-state index is 10.9. The fourth-order valence-electron chi connectivity index (χ4n) is 0.535. The van der Waals surface area contributed by atoms with Crippen LogP contribution >= 0.6 is 0 Å². The van der Waals surface area contributed by atoms with E-state index in [1.165, 1.54) is 0 Å². The molecule has 3 heteroatoms. The quantitative estimate of drug-likeness (QED) is 0.379. The number of carbonyl (C=O) groups is 1. The van der Waals surface area contributed by atoms with Gasteiger partial charge in [-0.05, 0) is 6.92 Å². The summed E-state index contributed by atoms with van der Waals surface area (Å²) in [6, 6.07) is 0. The van der Waals surface area contributed by atoms with Crippen LogP contribution in [0.25, 0.3) is 0 Å². The zero-order valence-electron chi connectivity index (χ0n) is 8.39. The number of quaternary nitrogens is 1. The monoisotopic (exact) mass is 188 g/mol. The molecule has 0 saturated heterocycles. The van der Waals surface area contributed by atoms with Crippen LogP contribution in [0.5, 0.6) is 0 Å². The average molecular weight is 188 g/mol. The second kappa shape index (κ2) is 5.75. The molecule has 13 heavy (non-hydrogen) atoms. The molecule has 0 aliphatic rings. The normalized spacial score (nSPS) is 10.2. The molecule has 0 fully saturated rings. The van der Waals surface area contributed by atoms with Gasteiger partial charge >= 0.3 is 5.97 Å². The molecule has 0 bridgehead atoms. The number of hydrogen-bond acceptors (Lipinski definition) is 2. The van der Waals surface area contributed by atoms with Crippen molar-refractivity contribution in [3.63, 3.8) is 0 Å². The van der Waals surface area contributed by atoms with E-state index >= 15 is 0 Å². The van der Waals surface area contributed by atoms with E-state index in [0.29, 0.717) is 12.2 Å². The van der Waals surface area contributed by atoms with Gasteiger partial charge in [-0.3, -0.25) is 0 Å². The maximum atomic E-state index is 10.9. The van der Waals surface area contributed by atoms with Crippen molar-refractivity contribution in [3.8, 4) is 0 Å². The average Bonchev–Trinajstić information content (AvgIpc) is 1.84. The van der Waals surface area contributed by atoms with Crippen LogP contribution in [0, 0.1) is 0 Å². The Balaban J connectivity index is 0. The first-order valence-corrected chi connectivity index (χ1v) is 3.96. The predicted molar refractivity (Wildman–Crippen MR) is 55.4 cm³/mol. The molecule has 0 aliphatic heterocycles. The first-order chi connectivity index (χ1) is 5.33. The molecule has 0 rings (SSSR count). The summed E-state index contributed by atoms with van der Waals surface area (Å²) in [4.78, 5) is 10.9. The Morgan fingerprint density at radius 3 is 2.15 bits per heavy atom. The third-order valence-electron chi connectivity index (χ3n) is 1.34. The highest BCUT2D eigenvalue weighted by atomic mass is 16.5. The van der Waals surface area contributed by atoms with Crippen molar-refractivity contribution >= 4 is 5.97 Å². The lowest BCUT2D eigenvalue weighted by Gasteiger charge is -2.23. The summed E-state index contributed by atoms with van der Waals surface area (Å²) in [5.74, 6) is -0.302. The van der Waals surface area contributed by atoms with Crippen LogP contribution in [0.1, 0.15) is 14.4 Å². The first-order valence-electron chi connectivity index (χ1n) is 3.96. The van der Waals surface area contributed by atoms with Gasteiger partial charge in [-0.25, -0.2) is 4.79 Å². The number of carbonyl (C=O) groups excluding carboxylic acids is 1. The molecule has 0 aromatic heterocycles. The Bertz CT molecular complexity index is 180. The van der Waals surface area contributed by atoms with E-state index in [2.05, 4.69) is 27.7 Å². The fraction of sp³-hybridized carbons (Fsp3) is 0.700. The van der Waals surface area contributed by atoms with Crippen molar-refractivity contribution in [1.82, 2.24) is 0 Å². The minimum atomic E-state index is -0.302. The minimum Gasteiger partial charge on any atom is -0.456 e. The Morgan fingerprint density at radius 1 is 1.38 bits per heavy atom. The molecule has 0 radical (unpaired) electrons. The highest BCUT2D eigenvalue weighted by molar-refractivity contribution is 5.86. The summed E-state index contributed by atoms with van der Waals surface area (Å²) in [7, 11) is 6.15. The van der Waals surface area contributed by atoms with E-state index in [4.69, 9.17) is 4.74 Å². The number of ether oxygens (including phenoxy) is 1. The summed E-state index contributed by atoms with van der Waals surface area (Å²) >= 11 is 0. The summed E-state index contributed by atoms with van der Waals surface area (Å²) < 4.78 is 5.72. The van der Waals surface area contributed by atoms with Crippen LogP contribution in [0.3, 0.4) is 0 Å². The van der Waals surface area contributed by atoms with E-state index in [9.17, 15) is 4.79 Å². The van der Waals surface area contributed by atoms with Gasteiger partial charge in [0.15, 0.2) is 0 Å². The minimum absolute atomic E-state index is 0. The first kappa shape index (κ1) is 14.7. The van der Waals surface area contributed by atoms with Crippen molar-refractivity contribution in [3.05, 3.63) is 12.2 Å². The summed E-state index contributed by atoms with van der Waals surface area (Å²) in [5, 5.41) is 0. The van der Waals surface area contributed by atoms with Crippen molar-refractivity contribution in [2.75, 3.05) is 34.3 Å². The van der Waals surface area contributed by atoms with Crippen molar-refractivity contribution in [1.29, 1.82) is 0 Å². The Hall–Kier alpha value is -0.830. The van der Waals surface area contributed by atoms with Crippen LogP contribution < -0.4 is 0 Å². The zero-order chi connectivity index (χ0) is 9.78. The van der Waals surface area contributed by atoms with Crippen molar-refractivity contribution < 1.29 is 14.0 Å². The number of nitrogens with zero attached hydrogens (tertiary/aromatic N) is 1. The van der Waals surface area contributed by atoms with Gasteiger partial charge in [0.1, 0.15) is 13.2 Å². The Labute approximate surface area is 81.6 Å². The topological polar surface area (TPSA) is 26.3 Å². The lowest BCUT2D eigenvalue weighted by atomic mass is 10.4. The fourth-order valence-corrected chi connectivity index (χ4v) is 0.535. The molecule has 0 spiro atoms. The SMILES string of the molecule is C.C=C(C)C(=O)OCC[N+](C)(C)C. The largest absolute Gasteiger partial charge is 0.456 e.